The van der Waals surface area contributed by atoms with Crippen LogP contribution in [-0.4, -0.2) is 27.1 Å². The van der Waals surface area contributed by atoms with E-state index in [0.29, 0.717) is 0 Å². The topological polar surface area (TPSA) is 64.3 Å². The second-order valence-electron chi connectivity index (χ2n) is 5.93. The van der Waals surface area contributed by atoms with E-state index in [0.717, 1.165) is 28.7 Å². The summed E-state index contributed by atoms with van der Waals surface area (Å²) in [5, 5.41) is 11.8. The Kier molecular flexibility index (Phi) is 3.13. The predicted octanol–water partition coefficient (Wildman–Crippen LogP) is 3.15. The molecule has 2 atom stereocenters. The Morgan fingerprint density at radius 3 is 2.56 bits per heavy atom. The summed E-state index contributed by atoms with van der Waals surface area (Å²) in [5.41, 5.74) is 0.994. The molecular formula is C19H15N5O. The van der Waals surface area contributed by atoms with Crippen molar-refractivity contribution < 1.29 is 4.74 Å². The van der Waals surface area contributed by atoms with Crippen LogP contribution in [0.2, 0.25) is 0 Å². The summed E-state index contributed by atoms with van der Waals surface area (Å²) in [6.07, 6.45) is 5.81. The van der Waals surface area contributed by atoms with Crippen molar-refractivity contribution in [3.8, 4) is 22.9 Å². The van der Waals surface area contributed by atoms with Crippen LogP contribution >= 0.6 is 0 Å². The van der Waals surface area contributed by atoms with Gasteiger partial charge in [-0.2, -0.15) is 0 Å². The number of hydrogen-bond acceptors (Lipinski definition) is 5. The maximum atomic E-state index is 5.85. The third-order valence-corrected chi connectivity index (χ3v) is 4.35. The van der Waals surface area contributed by atoms with Crippen LogP contribution in [-0.2, 0) is 0 Å². The lowest BCUT2D eigenvalue weighted by Crippen LogP contribution is -2.31. The molecule has 6 nitrogen and oxygen atoms in total. The molecule has 122 valence electrons. The molecule has 1 aromatic heterocycles. The summed E-state index contributed by atoms with van der Waals surface area (Å²) in [5.74, 6) is 3.21. The number of hydrogen-bond donors (Lipinski definition) is 1. The van der Waals surface area contributed by atoms with E-state index < -0.39 is 0 Å². The minimum absolute atomic E-state index is 0.0166. The van der Waals surface area contributed by atoms with Crippen molar-refractivity contribution in [3.05, 3.63) is 72.7 Å². The van der Waals surface area contributed by atoms with Crippen LogP contribution in [0.4, 0.5) is 0 Å². The SMILES string of the molecule is C1=CC2C(N=Cc3nnc(-c4ccc(Oc5ccccc5)cc4)n32)N1. The Morgan fingerprint density at radius 1 is 0.920 bits per heavy atom. The van der Waals surface area contributed by atoms with Crippen LogP contribution in [0.3, 0.4) is 0 Å². The highest BCUT2D eigenvalue weighted by Crippen LogP contribution is 2.31. The van der Waals surface area contributed by atoms with E-state index in [4.69, 9.17) is 4.74 Å². The van der Waals surface area contributed by atoms with Crippen LogP contribution in [0.5, 0.6) is 11.5 Å². The van der Waals surface area contributed by atoms with Crippen LogP contribution in [0.25, 0.3) is 11.4 Å². The summed E-state index contributed by atoms with van der Waals surface area (Å²) < 4.78 is 7.96. The van der Waals surface area contributed by atoms with E-state index in [1.165, 1.54) is 0 Å². The zero-order valence-corrected chi connectivity index (χ0v) is 13.3. The summed E-state index contributed by atoms with van der Waals surface area (Å²) in [7, 11) is 0. The van der Waals surface area contributed by atoms with Gasteiger partial charge in [-0.25, -0.2) is 0 Å². The van der Waals surface area contributed by atoms with Gasteiger partial charge in [0, 0.05) is 5.56 Å². The zero-order valence-electron chi connectivity index (χ0n) is 13.3. The number of nitrogens with one attached hydrogen (secondary N) is 1. The number of ether oxygens (including phenoxy) is 1. The fourth-order valence-electron chi connectivity index (χ4n) is 3.14. The lowest BCUT2D eigenvalue weighted by molar-refractivity contribution is 0.472. The molecule has 25 heavy (non-hydrogen) atoms. The molecule has 0 radical (unpaired) electrons. The molecule has 0 spiro atoms. The summed E-state index contributed by atoms with van der Waals surface area (Å²) in [6.45, 7) is 0. The van der Waals surface area contributed by atoms with Crippen LogP contribution in [0, 0.1) is 0 Å². The first-order valence-electron chi connectivity index (χ1n) is 8.13. The van der Waals surface area contributed by atoms with Gasteiger partial charge in [0.2, 0.25) is 0 Å². The molecular weight excluding hydrogens is 314 g/mol. The molecule has 0 saturated heterocycles. The Bertz CT molecular complexity index is 959. The molecule has 3 aromatic rings. The van der Waals surface area contributed by atoms with Gasteiger partial charge in [-0.15, -0.1) is 10.2 Å². The maximum Gasteiger partial charge on any atom is 0.175 e. The average molecular weight is 329 g/mol. The molecule has 2 aliphatic rings. The highest BCUT2D eigenvalue weighted by molar-refractivity contribution is 5.78. The second kappa shape index (κ2) is 5.59. The fourth-order valence-corrected chi connectivity index (χ4v) is 3.14. The van der Waals surface area contributed by atoms with E-state index in [-0.39, 0.29) is 12.2 Å². The number of aromatic nitrogens is 3. The summed E-state index contributed by atoms with van der Waals surface area (Å²) in [6, 6.07) is 17.7. The normalized spacial score (nSPS) is 20.0. The van der Waals surface area contributed by atoms with Crippen LogP contribution in [0.15, 0.2) is 71.9 Å². The van der Waals surface area contributed by atoms with Crippen molar-refractivity contribution in [2.75, 3.05) is 0 Å². The molecule has 0 saturated carbocycles. The molecule has 2 aromatic carbocycles. The summed E-state index contributed by atoms with van der Waals surface area (Å²) in [4.78, 5) is 4.46. The van der Waals surface area contributed by atoms with Gasteiger partial charge < -0.3 is 10.1 Å². The first kappa shape index (κ1) is 14.0. The third kappa shape index (κ3) is 2.39. The van der Waals surface area contributed by atoms with E-state index in [1.807, 2.05) is 60.8 Å². The smallest absolute Gasteiger partial charge is 0.175 e. The van der Waals surface area contributed by atoms with Gasteiger partial charge in [-0.1, -0.05) is 18.2 Å². The van der Waals surface area contributed by atoms with Crippen LogP contribution < -0.4 is 10.1 Å². The van der Waals surface area contributed by atoms with Crippen molar-refractivity contribution in [2.45, 2.75) is 12.2 Å². The summed E-state index contributed by atoms with van der Waals surface area (Å²) >= 11 is 0. The van der Waals surface area contributed by atoms with Crippen molar-refractivity contribution in [3.63, 3.8) is 0 Å². The van der Waals surface area contributed by atoms with Crippen molar-refractivity contribution in [1.82, 2.24) is 20.1 Å². The molecule has 3 heterocycles. The van der Waals surface area contributed by atoms with Crippen molar-refractivity contribution in [1.29, 1.82) is 0 Å². The average Bonchev–Trinajstić information content (AvgIpc) is 3.29. The quantitative estimate of drug-likeness (QED) is 0.802. The first-order chi connectivity index (χ1) is 12.4. The number of fused-ring (bicyclic) bond motifs is 3. The molecule has 0 amide bonds. The monoisotopic (exact) mass is 329 g/mol. The lowest BCUT2D eigenvalue weighted by atomic mass is 10.1. The van der Waals surface area contributed by atoms with Crippen LogP contribution in [0.1, 0.15) is 11.9 Å². The molecule has 2 aliphatic heterocycles. The Morgan fingerprint density at radius 2 is 1.72 bits per heavy atom. The highest BCUT2D eigenvalue weighted by Gasteiger charge is 2.31. The van der Waals surface area contributed by atoms with Gasteiger partial charge in [0.1, 0.15) is 17.7 Å². The fraction of sp³-hybridized carbons (Fsp3) is 0.105. The zero-order chi connectivity index (χ0) is 16.6. The molecule has 0 bridgehead atoms. The maximum absolute atomic E-state index is 5.85. The van der Waals surface area contributed by atoms with Gasteiger partial charge in [0.05, 0.1) is 12.3 Å². The standard InChI is InChI=1S/C19H15N5O/c1-2-4-14(5-3-1)25-15-8-6-13(7-9-15)19-23-22-17-12-21-18-16(24(17)19)10-11-20-18/h1-12,16,18,20H. The molecule has 5 rings (SSSR count). The first-order valence-corrected chi connectivity index (χ1v) is 8.13. The van der Waals surface area contributed by atoms with E-state index >= 15 is 0 Å². The second-order valence-corrected chi connectivity index (χ2v) is 5.93. The number of rotatable bonds is 3. The molecule has 1 N–H and O–H groups in total. The number of para-hydroxylation sites is 1. The number of nitrogens with zero attached hydrogens (tertiary/aromatic N) is 4. The van der Waals surface area contributed by atoms with Gasteiger partial charge >= 0.3 is 0 Å². The van der Waals surface area contributed by atoms with Gasteiger partial charge in [0.15, 0.2) is 11.6 Å². The van der Waals surface area contributed by atoms with Gasteiger partial charge in [-0.05, 0) is 48.7 Å². The van der Waals surface area contributed by atoms with Crippen molar-refractivity contribution >= 4 is 6.21 Å². The van der Waals surface area contributed by atoms with E-state index in [9.17, 15) is 0 Å². The number of aliphatic imine (C=N–C) groups is 1. The van der Waals surface area contributed by atoms with Gasteiger partial charge in [0.25, 0.3) is 0 Å². The Labute approximate surface area is 144 Å². The Hall–Kier alpha value is -3.41. The molecule has 6 heteroatoms. The molecule has 2 unspecified atom stereocenters. The van der Waals surface area contributed by atoms with E-state index in [2.05, 4.69) is 31.1 Å². The minimum atomic E-state index is 0.0166. The lowest BCUT2D eigenvalue weighted by Gasteiger charge is -2.23. The van der Waals surface area contributed by atoms with Crippen molar-refractivity contribution in [2.24, 2.45) is 4.99 Å². The van der Waals surface area contributed by atoms with Gasteiger partial charge in [-0.3, -0.25) is 9.56 Å². The predicted molar refractivity (Wildman–Crippen MR) is 94.7 cm³/mol. The minimum Gasteiger partial charge on any atom is -0.457 e. The Balaban J connectivity index is 1.46. The number of benzene rings is 2. The highest BCUT2D eigenvalue weighted by atomic mass is 16.5. The van der Waals surface area contributed by atoms with E-state index in [1.54, 1.807) is 6.21 Å². The molecule has 0 aliphatic carbocycles. The molecule has 0 fully saturated rings. The largest absolute Gasteiger partial charge is 0.457 e. The third-order valence-electron chi connectivity index (χ3n) is 4.35.